The minimum absolute atomic E-state index is 0.359. The van der Waals surface area contributed by atoms with Crippen molar-refractivity contribution < 1.29 is 14.2 Å². The molecule has 7 nitrogen and oxygen atoms in total. The van der Waals surface area contributed by atoms with Crippen molar-refractivity contribution in [1.29, 1.82) is 0 Å². The molecule has 132 valence electrons. The quantitative estimate of drug-likeness (QED) is 0.361. The van der Waals surface area contributed by atoms with E-state index in [2.05, 4.69) is 15.0 Å². The third-order valence-electron chi connectivity index (χ3n) is 5.08. The minimum atomic E-state index is -0.553. The molecule has 2 saturated heterocycles. The Balaban J connectivity index is 1.43. The standard InChI is InChI=1S/C18H22N4O3/c19-22-21-15-14(12-20-11-13-7-3-1-4-8-13)23-17-16(15)24-18(25-17)9-5-2-6-10-18/h1,3-4,7-8,12,14-17H,2,5-6,9-11H2/t14-,15+,16-,17-/m1/s1. The molecule has 0 N–H and O–H groups in total. The van der Waals surface area contributed by atoms with Gasteiger partial charge in [-0.05, 0) is 23.9 Å². The lowest BCUT2D eigenvalue weighted by Gasteiger charge is -2.33. The van der Waals surface area contributed by atoms with Crippen LogP contribution >= 0.6 is 0 Å². The lowest BCUT2D eigenvalue weighted by Crippen LogP contribution is -2.38. The van der Waals surface area contributed by atoms with Gasteiger partial charge in [-0.3, -0.25) is 4.99 Å². The molecule has 7 heteroatoms. The van der Waals surface area contributed by atoms with Crippen LogP contribution in [0.4, 0.5) is 0 Å². The number of azide groups is 1. The maximum absolute atomic E-state index is 8.93. The van der Waals surface area contributed by atoms with Crippen LogP contribution in [0, 0.1) is 0 Å². The van der Waals surface area contributed by atoms with E-state index in [1.807, 2.05) is 30.3 Å². The molecular weight excluding hydrogens is 320 g/mol. The molecule has 4 atom stereocenters. The highest BCUT2D eigenvalue weighted by atomic mass is 16.8. The first-order valence-corrected chi connectivity index (χ1v) is 8.89. The summed E-state index contributed by atoms with van der Waals surface area (Å²) in [7, 11) is 0. The Hall–Kier alpha value is -1.92. The summed E-state index contributed by atoms with van der Waals surface area (Å²) in [6, 6.07) is 9.53. The monoisotopic (exact) mass is 342 g/mol. The van der Waals surface area contributed by atoms with Crippen molar-refractivity contribution >= 4 is 6.21 Å². The van der Waals surface area contributed by atoms with Gasteiger partial charge in [-0.1, -0.05) is 41.9 Å². The molecule has 25 heavy (non-hydrogen) atoms. The zero-order valence-corrected chi connectivity index (χ0v) is 14.0. The molecule has 3 fully saturated rings. The van der Waals surface area contributed by atoms with Crippen LogP contribution in [0.1, 0.15) is 37.7 Å². The normalized spacial score (nSPS) is 33.4. The molecule has 1 saturated carbocycles. The summed E-state index contributed by atoms with van der Waals surface area (Å²) < 4.78 is 18.3. The maximum atomic E-state index is 8.93. The largest absolute Gasteiger partial charge is 0.341 e. The molecular formula is C18H22N4O3. The van der Waals surface area contributed by atoms with Crippen molar-refractivity contribution in [2.75, 3.05) is 0 Å². The predicted octanol–water partition coefficient (Wildman–Crippen LogP) is 3.74. The Kier molecular flexibility index (Phi) is 4.72. The van der Waals surface area contributed by atoms with Gasteiger partial charge in [0.2, 0.25) is 0 Å². The molecule has 0 bridgehead atoms. The Labute approximate surface area is 146 Å². The zero-order valence-electron chi connectivity index (χ0n) is 14.0. The fourth-order valence-corrected chi connectivity index (χ4v) is 3.85. The second-order valence-corrected chi connectivity index (χ2v) is 6.81. The van der Waals surface area contributed by atoms with Gasteiger partial charge in [0.1, 0.15) is 18.2 Å². The number of rotatable bonds is 4. The Morgan fingerprint density at radius 2 is 1.96 bits per heavy atom. The van der Waals surface area contributed by atoms with Crippen molar-refractivity contribution in [3.8, 4) is 0 Å². The van der Waals surface area contributed by atoms with Crippen molar-refractivity contribution in [3.63, 3.8) is 0 Å². The molecule has 3 aliphatic rings. The summed E-state index contributed by atoms with van der Waals surface area (Å²) in [5, 5.41) is 3.91. The van der Waals surface area contributed by atoms with Gasteiger partial charge in [-0.15, -0.1) is 0 Å². The summed E-state index contributed by atoms with van der Waals surface area (Å²) in [4.78, 5) is 7.42. The summed E-state index contributed by atoms with van der Waals surface area (Å²) in [6.45, 7) is 0.560. The van der Waals surface area contributed by atoms with Gasteiger partial charge in [-0.2, -0.15) is 0 Å². The number of aliphatic imine (C=N–C) groups is 1. The van der Waals surface area contributed by atoms with Crippen LogP contribution in [0.15, 0.2) is 40.4 Å². The van der Waals surface area contributed by atoms with Gasteiger partial charge < -0.3 is 14.2 Å². The van der Waals surface area contributed by atoms with E-state index in [1.54, 1.807) is 6.21 Å². The fraction of sp³-hybridized carbons (Fsp3) is 0.611. The van der Waals surface area contributed by atoms with Crippen LogP contribution in [0.2, 0.25) is 0 Å². The van der Waals surface area contributed by atoms with Gasteiger partial charge >= 0.3 is 0 Å². The highest BCUT2D eigenvalue weighted by Gasteiger charge is 2.57. The number of hydrogen-bond donors (Lipinski definition) is 0. The third kappa shape index (κ3) is 3.41. The SMILES string of the molecule is [N-]=[N+]=N[C@@H]1[C@H]2OC3(CCCCC3)O[C@H]2O[C@@H]1C=NCc1ccccc1. The molecule has 1 aromatic rings. The molecule has 0 aromatic heterocycles. The molecule has 4 rings (SSSR count). The van der Waals surface area contributed by atoms with Crippen LogP contribution in [-0.4, -0.2) is 36.5 Å². The van der Waals surface area contributed by atoms with Gasteiger partial charge in [0.05, 0.1) is 6.54 Å². The Morgan fingerprint density at radius 1 is 1.16 bits per heavy atom. The minimum Gasteiger partial charge on any atom is -0.341 e. The van der Waals surface area contributed by atoms with Crippen LogP contribution in [-0.2, 0) is 20.8 Å². The van der Waals surface area contributed by atoms with Gasteiger partial charge in [0, 0.05) is 24.0 Å². The first-order valence-electron chi connectivity index (χ1n) is 8.89. The molecule has 2 aliphatic heterocycles. The number of benzene rings is 1. The first-order chi connectivity index (χ1) is 12.3. The zero-order chi connectivity index (χ0) is 17.1. The first kappa shape index (κ1) is 16.5. The van der Waals surface area contributed by atoms with E-state index in [4.69, 9.17) is 19.7 Å². The number of nitrogens with zero attached hydrogens (tertiary/aromatic N) is 4. The summed E-state index contributed by atoms with van der Waals surface area (Å²) in [5.41, 5.74) is 10.0. The summed E-state index contributed by atoms with van der Waals surface area (Å²) >= 11 is 0. The van der Waals surface area contributed by atoms with Gasteiger partial charge in [-0.25, -0.2) is 0 Å². The van der Waals surface area contributed by atoms with Crippen molar-refractivity contribution in [2.24, 2.45) is 10.1 Å². The third-order valence-corrected chi connectivity index (χ3v) is 5.08. The molecule has 1 aromatic carbocycles. The molecule has 2 heterocycles. The van der Waals surface area contributed by atoms with Crippen molar-refractivity contribution in [2.45, 2.75) is 69.0 Å². The molecule has 0 amide bonds. The van der Waals surface area contributed by atoms with E-state index in [-0.39, 0.29) is 6.10 Å². The van der Waals surface area contributed by atoms with Crippen LogP contribution in [0.5, 0.6) is 0 Å². The highest BCUT2D eigenvalue weighted by Crippen LogP contribution is 2.45. The average molecular weight is 342 g/mol. The van der Waals surface area contributed by atoms with Crippen LogP contribution in [0.25, 0.3) is 10.4 Å². The molecule has 1 spiro atoms. The molecule has 1 aliphatic carbocycles. The van der Waals surface area contributed by atoms with Gasteiger partial charge in [0.15, 0.2) is 12.1 Å². The number of hydrogen-bond acceptors (Lipinski definition) is 5. The predicted molar refractivity (Wildman–Crippen MR) is 92.0 cm³/mol. The van der Waals surface area contributed by atoms with Crippen LogP contribution in [0.3, 0.4) is 0 Å². The van der Waals surface area contributed by atoms with Crippen molar-refractivity contribution in [1.82, 2.24) is 0 Å². The molecule has 0 unspecified atom stereocenters. The van der Waals surface area contributed by atoms with Crippen LogP contribution < -0.4 is 0 Å². The number of fused-ring (bicyclic) bond motifs is 1. The smallest absolute Gasteiger partial charge is 0.188 e. The lowest BCUT2D eigenvalue weighted by atomic mass is 9.94. The van der Waals surface area contributed by atoms with E-state index in [0.717, 1.165) is 31.2 Å². The van der Waals surface area contributed by atoms with E-state index in [9.17, 15) is 0 Å². The average Bonchev–Trinajstić information content (AvgIpc) is 3.12. The van der Waals surface area contributed by atoms with E-state index in [1.165, 1.54) is 6.42 Å². The van der Waals surface area contributed by atoms with Crippen molar-refractivity contribution in [3.05, 3.63) is 46.3 Å². The Bertz CT molecular complexity index is 668. The lowest BCUT2D eigenvalue weighted by molar-refractivity contribution is -0.233. The van der Waals surface area contributed by atoms with Gasteiger partial charge in [0.25, 0.3) is 0 Å². The second-order valence-electron chi connectivity index (χ2n) is 6.81. The second kappa shape index (κ2) is 7.14. The van der Waals surface area contributed by atoms with E-state index < -0.39 is 24.2 Å². The number of ether oxygens (including phenoxy) is 3. The topological polar surface area (TPSA) is 88.8 Å². The Morgan fingerprint density at radius 3 is 2.72 bits per heavy atom. The summed E-state index contributed by atoms with van der Waals surface area (Å²) in [6.07, 6.45) is 5.59. The fourth-order valence-electron chi connectivity index (χ4n) is 3.85. The maximum Gasteiger partial charge on any atom is 0.188 e. The molecule has 0 radical (unpaired) electrons. The highest BCUT2D eigenvalue weighted by molar-refractivity contribution is 5.65. The van der Waals surface area contributed by atoms with E-state index >= 15 is 0 Å². The van der Waals surface area contributed by atoms with E-state index in [0.29, 0.717) is 6.54 Å². The summed E-state index contributed by atoms with van der Waals surface area (Å²) in [5.74, 6) is -0.553.